The van der Waals surface area contributed by atoms with Gasteiger partial charge in [-0.1, -0.05) is 23.7 Å². The van der Waals surface area contributed by atoms with Crippen molar-refractivity contribution in [1.82, 2.24) is 14.9 Å². The smallest absolute Gasteiger partial charge is 0.252 e. The van der Waals surface area contributed by atoms with E-state index < -0.39 is 6.04 Å². The first-order valence-electron chi connectivity index (χ1n) is 8.98. The first-order valence-corrected chi connectivity index (χ1v) is 9.36. The molecule has 1 atom stereocenters. The number of carbonyl (C=O) groups is 1. The molecule has 1 heterocycles. The number of hydrogen-bond acceptors (Lipinski definition) is 4. The van der Waals surface area contributed by atoms with Gasteiger partial charge in [0, 0.05) is 25.0 Å². The molecule has 0 aliphatic carbocycles. The highest BCUT2D eigenvalue weighted by molar-refractivity contribution is 6.32. The Balaban J connectivity index is 1.96. The molecule has 1 N–H and O–H groups in total. The van der Waals surface area contributed by atoms with E-state index in [1.165, 1.54) is 25.3 Å². The van der Waals surface area contributed by atoms with Crippen LogP contribution >= 0.6 is 11.6 Å². The van der Waals surface area contributed by atoms with E-state index in [4.69, 9.17) is 21.1 Å². The number of nitrogens with one attached hydrogen (secondary N) is 1. The second-order valence-electron chi connectivity index (χ2n) is 6.28. The molecular weight excluding hydrogens is 397 g/mol. The summed E-state index contributed by atoms with van der Waals surface area (Å²) in [6.45, 7) is 2.24. The Morgan fingerprint density at radius 3 is 2.62 bits per heavy atom. The standard InChI is InChI=1S/C21H21ClFN3O3/c1-4-29-19-16(22)11-14(12-17(19)28-3)21(27)25-18(20-24-9-10-26(20)2)13-5-7-15(23)8-6-13/h5-12,18H,4H2,1-3H3,(H,25,27). The van der Waals surface area contributed by atoms with Gasteiger partial charge < -0.3 is 19.4 Å². The highest BCUT2D eigenvalue weighted by Crippen LogP contribution is 2.36. The van der Waals surface area contributed by atoms with Crippen LogP contribution < -0.4 is 14.8 Å². The summed E-state index contributed by atoms with van der Waals surface area (Å²) in [5.74, 6) is 0.605. The van der Waals surface area contributed by atoms with Gasteiger partial charge in [-0.3, -0.25) is 4.79 Å². The second-order valence-corrected chi connectivity index (χ2v) is 6.68. The fourth-order valence-corrected chi connectivity index (χ4v) is 3.22. The SMILES string of the molecule is CCOc1c(Cl)cc(C(=O)NC(c2ccc(F)cc2)c2nccn2C)cc1OC. The van der Waals surface area contributed by atoms with Crippen molar-refractivity contribution in [3.63, 3.8) is 0 Å². The van der Waals surface area contributed by atoms with E-state index >= 15 is 0 Å². The Kier molecular flexibility index (Phi) is 6.39. The normalized spacial score (nSPS) is 11.8. The maximum absolute atomic E-state index is 13.4. The molecule has 0 saturated heterocycles. The monoisotopic (exact) mass is 417 g/mol. The van der Waals surface area contributed by atoms with Crippen LogP contribution in [0, 0.1) is 5.82 Å². The minimum Gasteiger partial charge on any atom is -0.493 e. The molecule has 29 heavy (non-hydrogen) atoms. The molecule has 8 heteroatoms. The Hall–Kier alpha value is -3.06. The molecule has 0 aliphatic heterocycles. The number of aryl methyl sites for hydroxylation is 1. The maximum Gasteiger partial charge on any atom is 0.252 e. The predicted octanol–water partition coefficient (Wildman–Crippen LogP) is 4.14. The molecule has 0 saturated carbocycles. The Labute approximate surface area is 173 Å². The summed E-state index contributed by atoms with van der Waals surface area (Å²) < 4.78 is 26.0. The summed E-state index contributed by atoms with van der Waals surface area (Å²) >= 11 is 6.29. The lowest BCUT2D eigenvalue weighted by Gasteiger charge is -2.20. The molecular formula is C21H21ClFN3O3. The number of halogens is 2. The first kappa shape index (κ1) is 20.7. The van der Waals surface area contributed by atoms with E-state index in [0.717, 1.165) is 0 Å². The van der Waals surface area contributed by atoms with Gasteiger partial charge in [0.25, 0.3) is 5.91 Å². The topological polar surface area (TPSA) is 65.4 Å². The van der Waals surface area contributed by atoms with Gasteiger partial charge in [0.15, 0.2) is 11.5 Å². The molecule has 0 fully saturated rings. The number of carbonyl (C=O) groups excluding carboxylic acids is 1. The summed E-state index contributed by atoms with van der Waals surface area (Å²) in [4.78, 5) is 17.3. The summed E-state index contributed by atoms with van der Waals surface area (Å²) in [5, 5.41) is 3.21. The second kappa shape index (κ2) is 8.96. The molecule has 0 aliphatic rings. The third kappa shape index (κ3) is 4.51. The maximum atomic E-state index is 13.4. The summed E-state index contributed by atoms with van der Waals surface area (Å²) in [5.41, 5.74) is 0.995. The number of methoxy groups -OCH3 is 1. The van der Waals surface area contributed by atoms with Crippen molar-refractivity contribution in [3.05, 3.63) is 76.6 Å². The third-order valence-corrected chi connectivity index (χ3v) is 4.66. The largest absolute Gasteiger partial charge is 0.493 e. The highest BCUT2D eigenvalue weighted by Gasteiger charge is 2.23. The fraction of sp³-hybridized carbons (Fsp3) is 0.238. The summed E-state index contributed by atoms with van der Waals surface area (Å²) in [6.07, 6.45) is 3.41. The van der Waals surface area contributed by atoms with Gasteiger partial charge >= 0.3 is 0 Å². The van der Waals surface area contributed by atoms with Crippen LogP contribution in [0.15, 0.2) is 48.8 Å². The van der Waals surface area contributed by atoms with Gasteiger partial charge in [0.05, 0.1) is 18.7 Å². The van der Waals surface area contributed by atoms with E-state index in [-0.39, 0.29) is 16.7 Å². The number of rotatable bonds is 7. The van der Waals surface area contributed by atoms with E-state index in [2.05, 4.69) is 10.3 Å². The lowest BCUT2D eigenvalue weighted by molar-refractivity contribution is 0.0940. The number of ether oxygens (including phenoxy) is 2. The average Bonchev–Trinajstić information content (AvgIpc) is 3.13. The van der Waals surface area contributed by atoms with E-state index in [0.29, 0.717) is 35.1 Å². The molecule has 1 aromatic heterocycles. The predicted molar refractivity (Wildman–Crippen MR) is 108 cm³/mol. The zero-order chi connectivity index (χ0) is 21.0. The molecule has 0 spiro atoms. The number of hydrogen-bond donors (Lipinski definition) is 1. The van der Waals surface area contributed by atoms with Gasteiger partial charge in [-0.2, -0.15) is 0 Å². The molecule has 2 aromatic carbocycles. The van der Waals surface area contributed by atoms with Crippen LogP contribution in [0.25, 0.3) is 0 Å². The van der Waals surface area contributed by atoms with Gasteiger partial charge in [-0.15, -0.1) is 0 Å². The van der Waals surface area contributed by atoms with Crippen LogP contribution in [0.3, 0.4) is 0 Å². The van der Waals surface area contributed by atoms with Crippen LogP contribution in [0.5, 0.6) is 11.5 Å². The molecule has 3 rings (SSSR count). The van der Waals surface area contributed by atoms with Crippen LogP contribution in [0.4, 0.5) is 4.39 Å². The van der Waals surface area contributed by atoms with Gasteiger partial charge in [-0.05, 0) is 36.8 Å². The number of benzene rings is 2. The van der Waals surface area contributed by atoms with Crippen molar-refractivity contribution in [1.29, 1.82) is 0 Å². The summed E-state index contributed by atoms with van der Waals surface area (Å²) in [6, 6.07) is 8.40. The lowest BCUT2D eigenvalue weighted by atomic mass is 10.0. The zero-order valence-corrected chi connectivity index (χ0v) is 17.0. The zero-order valence-electron chi connectivity index (χ0n) is 16.3. The molecule has 0 radical (unpaired) electrons. The minimum absolute atomic E-state index is 0.270. The molecule has 6 nitrogen and oxygen atoms in total. The van der Waals surface area contributed by atoms with Gasteiger partial charge in [0.2, 0.25) is 0 Å². The van der Waals surface area contributed by atoms with Crippen LogP contribution in [0.2, 0.25) is 5.02 Å². The Bertz CT molecular complexity index is 1000. The molecule has 152 valence electrons. The van der Waals surface area contributed by atoms with E-state index in [1.54, 1.807) is 35.2 Å². The molecule has 0 bridgehead atoms. The van der Waals surface area contributed by atoms with E-state index in [9.17, 15) is 9.18 Å². The number of aromatic nitrogens is 2. The first-order chi connectivity index (χ1) is 13.9. The Morgan fingerprint density at radius 2 is 2.03 bits per heavy atom. The van der Waals surface area contributed by atoms with Crippen LogP contribution in [-0.2, 0) is 7.05 Å². The van der Waals surface area contributed by atoms with Crippen molar-refractivity contribution < 1.29 is 18.7 Å². The van der Waals surface area contributed by atoms with Crippen LogP contribution in [-0.4, -0.2) is 29.2 Å². The number of amides is 1. The molecule has 3 aromatic rings. The van der Waals surface area contributed by atoms with E-state index in [1.807, 2.05) is 14.0 Å². The van der Waals surface area contributed by atoms with Gasteiger partial charge in [0.1, 0.15) is 17.7 Å². The van der Waals surface area contributed by atoms with Gasteiger partial charge in [-0.25, -0.2) is 9.37 Å². The quantitative estimate of drug-likeness (QED) is 0.627. The average molecular weight is 418 g/mol. The molecule has 1 amide bonds. The van der Waals surface area contributed by atoms with Crippen molar-refractivity contribution in [3.8, 4) is 11.5 Å². The van der Waals surface area contributed by atoms with Crippen LogP contribution in [0.1, 0.15) is 34.7 Å². The van der Waals surface area contributed by atoms with Crippen molar-refractivity contribution >= 4 is 17.5 Å². The van der Waals surface area contributed by atoms with Crippen molar-refractivity contribution in [2.24, 2.45) is 7.05 Å². The third-order valence-electron chi connectivity index (χ3n) is 4.38. The molecule has 1 unspecified atom stereocenters. The Morgan fingerprint density at radius 1 is 1.31 bits per heavy atom. The summed E-state index contributed by atoms with van der Waals surface area (Å²) in [7, 11) is 3.30. The fourth-order valence-electron chi connectivity index (χ4n) is 2.96. The van der Waals surface area contributed by atoms with Crippen molar-refractivity contribution in [2.75, 3.05) is 13.7 Å². The lowest BCUT2D eigenvalue weighted by Crippen LogP contribution is -2.31. The minimum atomic E-state index is -0.584. The van der Waals surface area contributed by atoms with Crippen molar-refractivity contribution in [2.45, 2.75) is 13.0 Å². The highest BCUT2D eigenvalue weighted by atomic mass is 35.5. The number of imidazole rings is 1. The number of nitrogens with zero attached hydrogens (tertiary/aromatic N) is 2.